The molecule has 0 spiro atoms. The number of carbonyl (C=O) groups is 1. The van der Waals surface area contributed by atoms with E-state index in [0.717, 1.165) is 11.0 Å². The van der Waals surface area contributed by atoms with Crippen LogP contribution in [-0.2, 0) is 11.3 Å². The van der Waals surface area contributed by atoms with E-state index in [9.17, 15) is 4.79 Å². The van der Waals surface area contributed by atoms with Crippen molar-refractivity contribution in [2.24, 2.45) is 0 Å². The molecule has 2 rings (SSSR count). The molecule has 0 aliphatic carbocycles. The maximum Gasteiger partial charge on any atom is 0.330 e. The van der Waals surface area contributed by atoms with Crippen molar-refractivity contribution in [3.63, 3.8) is 0 Å². The van der Waals surface area contributed by atoms with Crippen molar-refractivity contribution in [2.45, 2.75) is 19.4 Å². The van der Waals surface area contributed by atoms with E-state index in [1.807, 2.05) is 16.8 Å². The number of carboxylic acids is 1. The van der Waals surface area contributed by atoms with Crippen LogP contribution in [-0.4, -0.2) is 25.8 Å². The molecule has 5 nitrogen and oxygen atoms in total. The Morgan fingerprint density at radius 3 is 3.12 bits per heavy atom. The molecule has 88 valence electrons. The van der Waals surface area contributed by atoms with Gasteiger partial charge in [0.1, 0.15) is 5.52 Å². The number of aryl methyl sites for hydroxylation is 1. The summed E-state index contributed by atoms with van der Waals surface area (Å²) < 4.78 is 1.83. The summed E-state index contributed by atoms with van der Waals surface area (Å²) >= 11 is 0. The predicted molar refractivity (Wildman–Crippen MR) is 63.5 cm³/mol. The Labute approximate surface area is 98.4 Å². The van der Waals surface area contributed by atoms with E-state index in [1.165, 1.54) is 0 Å². The highest BCUT2D eigenvalue weighted by Crippen LogP contribution is 2.11. The number of hydrogen-bond acceptors (Lipinski definition) is 3. The third kappa shape index (κ3) is 2.50. The third-order valence-corrected chi connectivity index (χ3v) is 2.56. The number of fused-ring (bicyclic) bond motifs is 1. The molecule has 0 saturated carbocycles. The second-order valence-corrected chi connectivity index (χ2v) is 3.79. The average molecular weight is 231 g/mol. The first-order valence-corrected chi connectivity index (χ1v) is 5.36. The number of pyridine rings is 1. The predicted octanol–water partition coefficient (Wildman–Crippen LogP) is 1.85. The molecular formula is C12H13N3O2. The molecule has 0 atom stereocenters. The van der Waals surface area contributed by atoms with Crippen LogP contribution in [0.2, 0.25) is 0 Å². The van der Waals surface area contributed by atoms with E-state index >= 15 is 0 Å². The zero-order valence-electron chi connectivity index (χ0n) is 9.33. The zero-order chi connectivity index (χ0) is 12.3. The molecule has 0 amide bonds. The zero-order valence-corrected chi connectivity index (χ0v) is 9.33. The van der Waals surface area contributed by atoms with Gasteiger partial charge in [0, 0.05) is 18.3 Å². The standard InChI is InChI=1S/C12H13N3O2/c1-9(12(16)17)4-3-7-15-11-5-2-6-13-10(11)8-14-15/h2,5-6,8H,1,3-4,7H2,(H,16,17). The summed E-state index contributed by atoms with van der Waals surface area (Å²) in [6.07, 6.45) is 4.61. The molecule has 2 heterocycles. The molecule has 0 saturated heterocycles. The first kappa shape index (κ1) is 11.3. The molecule has 0 aliphatic heterocycles. The minimum atomic E-state index is -0.933. The lowest BCUT2D eigenvalue weighted by Crippen LogP contribution is -2.03. The maximum absolute atomic E-state index is 10.6. The van der Waals surface area contributed by atoms with Gasteiger partial charge in [0.05, 0.1) is 11.7 Å². The lowest BCUT2D eigenvalue weighted by atomic mass is 10.2. The lowest BCUT2D eigenvalue weighted by molar-refractivity contribution is -0.132. The SMILES string of the molecule is C=C(CCCn1ncc2ncccc21)C(=O)O. The monoisotopic (exact) mass is 231 g/mol. The fourth-order valence-electron chi connectivity index (χ4n) is 1.64. The van der Waals surface area contributed by atoms with Crippen LogP contribution in [0.15, 0.2) is 36.7 Å². The van der Waals surface area contributed by atoms with Gasteiger partial charge in [-0.2, -0.15) is 5.10 Å². The average Bonchev–Trinajstić information content (AvgIpc) is 2.72. The second-order valence-electron chi connectivity index (χ2n) is 3.79. The molecule has 0 radical (unpaired) electrons. The minimum Gasteiger partial charge on any atom is -0.478 e. The largest absolute Gasteiger partial charge is 0.478 e. The highest BCUT2D eigenvalue weighted by molar-refractivity contribution is 5.85. The number of carboxylic acid groups (broad SMARTS) is 1. The molecule has 2 aromatic heterocycles. The topological polar surface area (TPSA) is 68.0 Å². The minimum absolute atomic E-state index is 0.236. The first-order chi connectivity index (χ1) is 8.18. The molecule has 2 aromatic rings. The molecule has 1 N–H and O–H groups in total. The van der Waals surface area contributed by atoms with Crippen molar-refractivity contribution in [3.05, 3.63) is 36.7 Å². The number of rotatable bonds is 5. The van der Waals surface area contributed by atoms with Gasteiger partial charge in [-0.3, -0.25) is 9.67 Å². The molecule has 0 aliphatic rings. The molecule has 5 heteroatoms. The summed E-state index contributed by atoms with van der Waals surface area (Å²) in [5.74, 6) is -0.933. The van der Waals surface area contributed by atoms with Crippen LogP contribution in [0.3, 0.4) is 0 Å². The number of aromatic nitrogens is 3. The summed E-state index contributed by atoms with van der Waals surface area (Å²) in [4.78, 5) is 14.8. The van der Waals surface area contributed by atoms with Crippen LogP contribution < -0.4 is 0 Å². The Morgan fingerprint density at radius 2 is 2.35 bits per heavy atom. The quantitative estimate of drug-likeness (QED) is 0.797. The molecule has 17 heavy (non-hydrogen) atoms. The van der Waals surface area contributed by atoms with E-state index < -0.39 is 5.97 Å². The van der Waals surface area contributed by atoms with Gasteiger partial charge in [-0.15, -0.1) is 0 Å². The van der Waals surface area contributed by atoms with Crippen LogP contribution in [0.25, 0.3) is 11.0 Å². The second kappa shape index (κ2) is 4.78. The van der Waals surface area contributed by atoms with Gasteiger partial charge in [-0.05, 0) is 25.0 Å². The van der Waals surface area contributed by atoms with Gasteiger partial charge in [0.2, 0.25) is 0 Å². The van der Waals surface area contributed by atoms with E-state index in [2.05, 4.69) is 16.7 Å². The molecule has 0 fully saturated rings. The Bertz CT molecular complexity index is 560. The van der Waals surface area contributed by atoms with Crippen LogP contribution in [0.5, 0.6) is 0 Å². The van der Waals surface area contributed by atoms with E-state index in [-0.39, 0.29) is 5.57 Å². The summed E-state index contributed by atoms with van der Waals surface area (Å²) in [6.45, 7) is 4.16. The number of nitrogens with zero attached hydrogens (tertiary/aromatic N) is 3. The van der Waals surface area contributed by atoms with Gasteiger partial charge in [-0.25, -0.2) is 4.79 Å². The summed E-state index contributed by atoms with van der Waals surface area (Å²) in [7, 11) is 0. The highest BCUT2D eigenvalue weighted by atomic mass is 16.4. The number of aliphatic carboxylic acids is 1. The van der Waals surface area contributed by atoms with Crippen LogP contribution in [0, 0.1) is 0 Å². The Balaban J connectivity index is 2.00. The summed E-state index contributed by atoms with van der Waals surface area (Å²) in [5.41, 5.74) is 2.05. The Hall–Kier alpha value is -2.17. The normalized spacial score (nSPS) is 10.6. The van der Waals surface area contributed by atoms with Crippen molar-refractivity contribution < 1.29 is 9.90 Å². The molecular weight excluding hydrogens is 218 g/mol. The van der Waals surface area contributed by atoms with Gasteiger partial charge in [0.15, 0.2) is 0 Å². The van der Waals surface area contributed by atoms with E-state index in [0.29, 0.717) is 19.4 Å². The van der Waals surface area contributed by atoms with Gasteiger partial charge < -0.3 is 5.11 Å². The fraction of sp³-hybridized carbons (Fsp3) is 0.250. The van der Waals surface area contributed by atoms with Crippen LogP contribution in [0.1, 0.15) is 12.8 Å². The maximum atomic E-state index is 10.6. The number of hydrogen-bond donors (Lipinski definition) is 1. The lowest BCUT2D eigenvalue weighted by Gasteiger charge is -2.03. The fourth-order valence-corrected chi connectivity index (χ4v) is 1.64. The van der Waals surface area contributed by atoms with Gasteiger partial charge >= 0.3 is 5.97 Å². The van der Waals surface area contributed by atoms with Crippen molar-refractivity contribution in [1.29, 1.82) is 0 Å². The molecule has 0 unspecified atom stereocenters. The smallest absolute Gasteiger partial charge is 0.330 e. The van der Waals surface area contributed by atoms with Crippen LogP contribution >= 0.6 is 0 Å². The molecule has 0 aromatic carbocycles. The van der Waals surface area contributed by atoms with Crippen molar-refractivity contribution in [2.75, 3.05) is 0 Å². The summed E-state index contributed by atoms with van der Waals surface area (Å²) in [6, 6.07) is 3.80. The Morgan fingerprint density at radius 1 is 1.53 bits per heavy atom. The Kier molecular flexibility index (Phi) is 3.18. The van der Waals surface area contributed by atoms with Crippen LogP contribution in [0.4, 0.5) is 0 Å². The molecule has 0 bridgehead atoms. The van der Waals surface area contributed by atoms with Crippen molar-refractivity contribution in [1.82, 2.24) is 14.8 Å². The summed E-state index contributed by atoms with van der Waals surface area (Å²) in [5, 5.41) is 12.9. The van der Waals surface area contributed by atoms with Crippen molar-refractivity contribution >= 4 is 17.0 Å². The van der Waals surface area contributed by atoms with Gasteiger partial charge in [0.25, 0.3) is 0 Å². The van der Waals surface area contributed by atoms with Gasteiger partial charge in [-0.1, -0.05) is 6.58 Å². The highest BCUT2D eigenvalue weighted by Gasteiger charge is 2.05. The third-order valence-electron chi connectivity index (χ3n) is 2.56. The van der Waals surface area contributed by atoms with Crippen molar-refractivity contribution in [3.8, 4) is 0 Å². The first-order valence-electron chi connectivity index (χ1n) is 5.36. The van der Waals surface area contributed by atoms with E-state index in [4.69, 9.17) is 5.11 Å². The van der Waals surface area contributed by atoms with E-state index in [1.54, 1.807) is 12.4 Å².